The maximum Gasteiger partial charge on any atom is 0.410 e. The Morgan fingerprint density at radius 3 is 2.17 bits per heavy atom. The number of hydrogen-bond donors (Lipinski definition) is 1. The smallest absolute Gasteiger partial charge is 0.410 e. The van der Waals surface area contributed by atoms with Crippen LogP contribution in [0.5, 0.6) is 0 Å². The van der Waals surface area contributed by atoms with Crippen molar-refractivity contribution < 1.29 is 31.6 Å². The molecule has 186 valence electrons. The number of nitrogens with one attached hydrogen (secondary N) is 1. The number of alkyl halides is 3. The molecule has 1 N–H and O–H groups in total. The number of carbonyl (C=O) groups is 2. The van der Waals surface area contributed by atoms with Crippen molar-refractivity contribution >= 4 is 22.7 Å². The molecule has 0 unspecified atom stereocenters. The number of halogens is 4. The van der Waals surface area contributed by atoms with Crippen LogP contribution in [0.25, 0.3) is 33.4 Å². The number of carbonyl (C=O) groups excluding carboxylic acids is 2. The van der Waals surface area contributed by atoms with Gasteiger partial charge < -0.3 is 9.73 Å². The van der Waals surface area contributed by atoms with Gasteiger partial charge in [-0.05, 0) is 73.5 Å². The van der Waals surface area contributed by atoms with Gasteiger partial charge in [0.1, 0.15) is 22.7 Å². The Bertz CT molecular complexity index is 1450. The molecule has 3 aromatic carbocycles. The van der Waals surface area contributed by atoms with Crippen LogP contribution in [0.1, 0.15) is 47.9 Å². The Balaban J connectivity index is 1.76. The second-order valence-corrected chi connectivity index (χ2v) is 8.96. The van der Waals surface area contributed by atoms with Crippen molar-refractivity contribution in [3.63, 3.8) is 0 Å². The zero-order valence-electron chi connectivity index (χ0n) is 19.8. The zero-order valence-corrected chi connectivity index (χ0v) is 19.8. The van der Waals surface area contributed by atoms with E-state index >= 15 is 0 Å². The van der Waals surface area contributed by atoms with E-state index in [9.17, 15) is 27.2 Å². The number of fused-ring (bicyclic) bond motifs is 1. The summed E-state index contributed by atoms with van der Waals surface area (Å²) in [5.74, 6) is -1.10. The third-order valence-electron chi connectivity index (χ3n) is 5.99. The first-order valence-electron chi connectivity index (χ1n) is 11.3. The van der Waals surface area contributed by atoms with E-state index in [4.69, 9.17) is 4.42 Å². The van der Waals surface area contributed by atoms with Gasteiger partial charge in [0.15, 0.2) is 5.78 Å². The van der Waals surface area contributed by atoms with E-state index in [1.165, 1.54) is 36.4 Å². The second-order valence-electron chi connectivity index (χ2n) is 8.96. The lowest BCUT2D eigenvalue weighted by Crippen LogP contribution is -2.54. The van der Waals surface area contributed by atoms with Crippen molar-refractivity contribution in [2.45, 2.75) is 38.9 Å². The van der Waals surface area contributed by atoms with E-state index < -0.39 is 23.4 Å². The van der Waals surface area contributed by atoms with Crippen molar-refractivity contribution in [2.75, 3.05) is 0 Å². The molecule has 4 rings (SSSR count). The quantitative estimate of drug-likeness (QED) is 0.221. The summed E-state index contributed by atoms with van der Waals surface area (Å²) in [6.45, 7) is 3.52. The van der Waals surface area contributed by atoms with Crippen LogP contribution in [-0.2, 0) is 0 Å². The molecule has 4 nitrogen and oxygen atoms in total. The van der Waals surface area contributed by atoms with Crippen molar-refractivity contribution in [3.05, 3.63) is 83.7 Å². The molecule has 0 aliphatic rings. The summed E-state index contributed by atoms with van der Waals surface area (Å²) in [4.78, 5) is 25.4. The first-order chi connectivity index (χ1) is 16.9. The molecule has 36 heavy (non-hydrogen) atoms. The summed E-state index contributed by atoms with van der Waals surface area (Å²) in [7, 11) is 0. The Kier molecular flexibility index (Phi) is 6.47. The molecular weight excluding hydrogens is 474 g/mol. The molecule has 0 bridgehead atoms. The number of Topliss-reactive ketones (excluding diaryl/α,β-unsaturated/α-hetero) is 1. The number of hydrogen-bond acceptors (Lipinski definition) is 3. The average Bonchev–Trinajstić information content (AvgIpc) is 3.22. The standard InChI is InChI=1S/C28H23F4NO3/c1-4-22(34)24-21-15-18(10-13-23(21)36-25(24)16-8-11-20(29)12-9-16)17-6-5-7-19(14-17)26(35)33-27(2,3)28(30,31)32/h5-15H,4H2,1-3H3,(H,33,35). The monoisotopic (exact) mass is 497 g/mol. The topological polar surface area (TPSA) is 59.3 Å². The molecule has 0 radical (unpaired) electrons. The summed E-state index contributed by atoms with van der Waals surface area (Å²) in [6.07, 6.45) is -4.39. The highest BCUT2D eigenvalue weighted by molar-refractivity contribution is 6.12. The van der Waals surface area contributed by atoms with Gasteiger partial charge in [0.2, 0.25) is 0 Å². The van der Waals surface area contributed by atoms with Gasteiger partial charge in [-0.1, -0.05) is 25.1 Å². The van der Waals surface area contributed by atoms with Gasteiger partial charge in [-0.3, -0.25) is 9.59 Å². The maximum atomic E-state index is 13.4. The van der Waals surface area contributed by atoms with Gasteiger partial charge >= 0.3 is 6.18 Å². The predicted octanol–water partition coefficient (Wildman–Crippen LogP) is 7.57. The molecular formula is C28H23F4NO3. The number of rotatable bonds is 6. The molecule has 4 aromatic rings. The van der Waals surface area contributed by atoms with Gasteiger partial charge in [-0.15, -0.1) is 0 Å². The molecule has 0 spiro atoms. The maximum absolute atomic E-state index is 13.4. The first-order valence-corrected chi connectivity index (χ1v) is 11.3. The number of benzene rings is 3. The molecule has 0 atom stereocenters. The Morgan fingerprint density at radius 2 is 1.53 bits per heavy atom. The first kappa shape index (κ1) is 25.2. The highest BCUT2D eigenvalue weighted by Gasteiger charge is 2.48. The van der Waals surface area contributed by atoms with Crippen molar-refractivity contribution in [1.29, 1.82) is 0 Å². The summed E-state index contributed by atoms with van der Waals surface area (Å²) in [6, 6.07) is 17.0. The SMILES string of the molecule is CCC(=O)c1c(-c2ccc(F)cc2)oc2ccc(-c3cccc(C(=O)NC(C)(C)C(F)(F)F)c3)cc12. The molecule has 1 amide bonds. The van der Waals surface area contributed by atoms with Crippen LogP contribution in [0.4, 0.5) is 17.6 Å². The van der Waals surface area contributed by atoms with Crippen LogP contribution in [0.15, 0.2) is 71.1 Å². The third kappa shape index (κ3) is 4.76. The second kappa shape index (κ2) is 9.26. The predicted molar refractivity (Wildman–Crippen MR) is 129 cm³/mol. The van der Waals surface area contributed by atoms with Crippen molar-refractivity contribution in [3.8, 4) is 22.5 Å². The summed E-state index contributed by atoms with van der Waals surface area (Å²) < 4.78 is 59.0. The highest BCUT2D eigenvalue weighted by Crippen LogP contribution is 2.37. The Morgan fingerprint density at radius 1 is 0.889 bits per heavy atom. The van der Waals surface area contributed by atoms with Gasteiger partial charge in [-0.2, -0.15) is 13.2 Å². The van der Waals surface area contributed by atoms with E-state index in [2.05, 4.69) is 0 Å². The van der Waals surface area contributed by atoms with Crippen LogP contribution in [0.2, 0.25) is 0 Å². The lowest BCUT2D eigenvalue weighted by molar-refractivity contribution is -0.182. The molecule has 0 aliphatic carbocycles. The molecule has 0 saturated carbocycles. The van der Waals surface area contributed by atoms with Crippen molar-refractivity contribution in [1.82, 2.24) is 5.32 Å². The fourth-order valence-electron chi connectivity index (χ4n) is 3.80. The third-order valence-corrected chi connectivity index (χ3v) is 5.99. The van der Waals surface area contributed by atoms with E-state index in [0.29, 0.717) is 39.0 Å². The minimum atomic E-state index is -4.61. The fraction of sp³-hybridized carbons (Fsp3) is 0.214. The molecule has 8 heteroatoms. The molecule has 1 heterocycles. The summed E-state index contributed by atoms with van der Waals surface area (Å²) >= 11 is 0. The number of ketones is 1. The fourth-order valence-corrected chi connectivity index (χ4v) is 3.80. The van der Waals surface area contributed by atoms with Gasteiger partial charge in [-0.25, -0.2) is 4.39 Å². The molecule has 0 fully saturated rings. The molecule has 0 saturated heterocycles. The minimum Gasteiger partial charge on any atom is -0.455 e. The largest absolute Gasteiger partial charge is 0.455 e. The number of furan rings is 1. The van der Waals surface area contributed by atoms with E-state index in [1.807, 2.05) is 5.32 Å². The van der Waals surface area contributed by atoms with Gasteiger partial charge in [0.25, 0.3) is 5.91 Å². The van der Waals surface area contributed by atoms with Gasteiger partial charge in [0, 0.05) is 22.9 Å². The van der Waals surface area contributed by atoms with Gasteiger partial charge in [0.05, 0.1) is 5.56 Å². The van der Waals surface area contributed by atoms with Crippen LogP contribution in [0.3, 0.4) is 0 Å². The van der Waals surface area contributed by atoms with E-state index in [0.717, 1.165) is 13.8 Å². The highest BCUT2D eigenvalue weighted by atomic mass is 19.4. The van der Waals surface area contributed by atoms with Crippen molar-refractivity contribution in [2.24, 2.45) is 0 Å². The Labute approximate surface area is 204 Å². The summed E-state index contributed by atoms with van der Waals surface area (Å²) in [5, 5.41) is 2.58. The van der Waals surface area contributed by atoms with Crippen LogP contribution >= 0.6 is 0 Å². The van der Waals surface area contributed by atoms with Crippen LogP contribution in [0, 0.1) is 5.82 Å². The average molecular weight is 497 g/mol. The van der Waals surface area contributed by atoms with Crippen LogP contribution in [-0.4, -0.2) is 23.4 Å². The Hall–Kier alpha value is -3.94. The van der Waals surface area contributed by atoms with Crippen LogP contribution < -0.4 is 5.32 Å². The lowest BCUT2D eigenvalue weighted by Gasteiger charge is -2.28. The lowest BCUT2D eigenvalue weighted by atomic mass is 9.96. The van der Waals surface area contributed by atoms with E-state index in [1.54, 1.807) is 37.3 Å². The zero-order chi connectivity index (χ0) is 26.3. The molecule has 1 aromatic heterocycles. The minimum absolute atomic E-state index is 0.0639. The number of amides is 1. The normalized spacial score (nSPS) is 12.1. The summed E-state index contributed by atoms with van der Waals surface area (Å²) in [5.41, 5.74) is 0.253. The molecule has 0 aliphatic heterocycles. The van der Waals surface area contributed by atoms with E-state index in [-0.39, 0.29) is 17.8 Å².